The van der Waals surface area contributed by atoms with Crippen molar-refractivity contribution in [1.29, 1.82) is 0 Å². The van der Waals surface area contributed by atoms with Crippen LogP contribution in [0.4, 0.5) is 0 Å². The van der Waals surface area contributed by atoms with E-state index in [9.17, 15) is 40.2 Å². The summed E-state index contributed by atoms with van der Waals surface area (Å²) in [5.41, 5.74) is 0.560. The van der Waals surface area contributed by atoms with Crippen LogP contribution in [0.1, 0.15) is 34.5 Å². The first-order valence-electron chi connectivity index (χ1n) is 12.9. The van der Waals surface area contributed by atoms with Gasteiger partial charge in [0.15, 0.2) is 36.1 Å². The number of fused-ring (bicyclic) bond motifs is 1. The smallest absolute Gasteiger partial charge is 0.331 e. The van der Waals surface area contributed by atoms with Crippen molar-refractivity contribution in [3.63, 3.8) is 0 Å². The number of ketones is 1. The summed E-state index contributed by atoms with van der Waals surface area (Å²) in [6, 6.07) is 14.6. The van der Waals surface area contributed by atoms with Gasteiger partial charge in [-0.1, -0.05) is 36.4 Å². The fraction of sp³-hybridized carbons (Fsp3) is 0.267. The molecule has 12 nitrogen and oxygen atoms in total. The fourth-order valence-corrected chi connectivity index (χ4v) is 4.79. The SMILES string of the molecule is C[C@H]1O[C@H](O[C@H]2C(=O)c3c(O)cc(O)cc3O[C@@H]2c2ccc(O)c(O)c2)[C@@H](O)[C@@H](OC(=O)/C=C/c2ccccc2)[C@@H]1O. The second-order valence-electron chi connectivity index (χ2n) is 9.88. The van der Waals surface area contributed by atoms with Gasteiger partial charge in [0.2, 0.25) is 5.78 Å². The number of phenolic OH excluding ortho intramolecular Hbond substituents is 4. The Balaban J connectivity index is 1.42. The van der Waals surface area contributed by atoms with E-state index in [4.69, 9.17) is 18.9 Å². The van der Waals surface area contributed by atoms with Crippen LogP contribution in [0, 0.1) is 0 Å². The predicted octanol–water partition coefficient (Wildman–Crippen LogP) is 2.30. The molecule has 7 atom stereocenters. The molecule has 3 aromatic carbocycles. The van der Waals surface area contributed by atoms with E-state index < -0.39 is 71.9 Å². The summed E-state index contributed by atoms with van der Waals surface area (Å²) in [4.78, 5) is 26.2. The molecule has 2 aliphatic rings. The Bertz CT molecular complexity index is 1500. The molecule has 0 amide bonds. The Labute approximate surface area is 239 Å². The molecule has 42 heavy (non-hydrogen) atoms. The van der Waals surface area contributed by atoms with Crippen molar-refractivity contribution in [2.45, 2.75) is 49.8 Å². The molecule has 1 saturated heterocycles. The number of carbonyl (C=O) groups is 2. The van der Waals surface area contributed by atoms with Crippen molar-refractivity contribution >= 4 is 17.8 Å². The quantitative estimate of drug-likeness (QED) is 0.142. The van der Waals surface area contributed by atoms with E-state index in [0.29, 0.717) is 0 Å². The van der Waals surface area contributed by atoms with Crippen LogP contribution < -0.4 is 4.74 Å². The maximum Gasteiger partial charge on any atom is 0.331 e. The maximum atomic E-state index is 13.7. The summed E-state index contributed by atoms with van der Waals surface area (Å²) in [5.74, 6) is -3.79. The van der Waals surface area contributed by atoms with Gasteiger partial charge in [-0.15, -0.1) is 0 Å². The van der Waals surface area contributed by atoms with Gasteiger partial charge in [-0.25, -0.2) is 4.79 Å². The number of Topliss-reactive ketones (excluding diaryl/α,β-unsaturated/α-hetero) is 1. The van der Waals surface area contributed by atoms with Crippen LogP contribution in [0.2, 0.25) is 0 Å². The van der Waals surface area contributed by atoms with Gasteiger partial charge in [0.1, 0.15) is 35.0 Å². The van der Waals surface area contributed by atoms with Gasteiger partial charge in [0.05, 0.1) is 6.10 Å². The molecule has 0 aliphatic carbocycles. The summed E-state index contributed by atoms with van der Waals surface area (Å²) in [5, 5.41) is 61.9. The third-order valence-electron chi connectivity index (χ3n) is 6.95. The number of carbonyl (C=O) groups excluding carboxylic acids is 2. The van der Waals surface area contributed by atoms with Crippen LogP contribution >= 0.6 is 0 Å². The van der Waals surface area contributed by atoms with E-state index >= 15 is 0 Å². The highest BCUT2D eigenvalue weighted by atomic mass is 16.7. The molecular formula is C30H28O12. The molecular weight excluding hydrogens is 552 g/mol. The van der Waals surface area contributed by atoms with Gasteiger partial charge in [-0.05, 0) is 36.3 Å². The number of hydrogen-bond acceptors (Lipinski definition) is 12. The molecule has 0 unspecified atom stereocenters. The van der Waals surface area contributed by atoms with Gasteiger partial charge < -0.3 is 49.6 Å². The van der Waals surface area contributed by atoms with Crippen molar-refractivity contribution in [2.75, 3.05) is 0 Å². The minimum atomic E-state index is -1.78. The number of esters is 1. The summed E-state index contributed by atoms with van der Waals surface area (Å²) in [7, 11) is 0. The van der Waals surface area contributed by atoms with Gasteiger partial charge in [0.25, 0.3) is 0 Å². The van der Waals surface area contributed by atoms with Crippen LogP contribution in [-0.4, -0.2) is 79.2 Å². The van der Waals surface area contributed by atoms with Crippen molar-refractivity contribution < 1.29 is 59.2 Å². The van der Waals surface area contributed by atoms with Gasteiger partial charge in [0, 0.05) is 18.2 Å². The second-order valence-corrected chi connectivity index (χ2v) is 9.88. The first-order chi connectivity index (χ1) is 20.0. The van der Waals surface area contributed by atoms with Gasteiger partial charge >= 0.3 is 5.97 Å². The molecule has 0 radical (unpaired) electrons. The van der Waals surface area contributed by atoms with E-state index in [-0.39, 0.29) is 22.6 Å². The van der Waals surface area contributed by atoms with E-state index in [1.54, 1.807) is 24.3 Å². The number of aromatic hydroxyl groups is 4. The Morgan fingerprint density at radius 3 is 2.36 bits per heavy atom. The van der Waals surface area contributed by atoms with Crippen LogP contribution in [0.5, 0.6) is 28.7 Å². The van der Waals surface area contributed by atoms with E-state index in [2.05, 4.69) is 0 Å². The zero-order valence-electron chi connectivity index (χ0n) is 22.1. The van der Waals surface area contributed by atoms with E-state index in [1.807, 2.05) is 6.07 Å². The molecule has 3 aromatic rings. The van der Waals surface area contributed by atoms with E-state index in [1.165, 1.54) is 19.1 Å². The summed E-state index contributed by atoms with van der Waals surface area (Å²) >= 11 is 0. The molecule has 1 fully saturated rings. The number of aliphatic hydroxyl groups is 2. The standard InChI is InChI=1S/C30H28O12/c1-14-24(36)28(41-22(35)10-7-15-5-3-2-4-6-15)26(38)30(39-14)42-29-25(37)23-20(34)12-17(31)13-21(23)40-27(29)16-8-9-18(32)19(33)11-16/h2-14,24,26-34,36,38H,1H3/b10-7+/t14-,24-,26+,27-,28+,29+,30-/m1/s1. The molecule has 0 aromatic heterocycles. The number of benzene rings is 3. The Morgan fingerprint density at radius 2 is 1.64 bits per heavy atom. The van der Waals surface area contributed by atoms with Crippen molar-refractivity contribution in [3.8, 4) is 28.7 Å². The summed E-state index contributed by atoms with van der Waals surface area (Å²) < 4.78 is 22.8. The molecule has 2 heterocycles. The largest absolute Gasteiger partial charge is 0.508 e. The number of ether oxygens (including phenoxy) is 4. The highest BCUT2D eigenvalue weighted by molar-refractivity contribution is 6.05. The lowest BCUT2D eigenvalue weighted by Gasteiger charge is -2.43. The highest BCUT2D eigenvalue weighted by Gasteiger charge is 2.50. The predicted molar refractivity (Wildman–Crippen MR) is 144 cm³/mol. The highest BCUT2D eigenvalue weighted by Crippen LogP contribution is 2.44. The lowest BCUT2D eigenvalue weighted by atomic mass is 9.92. The summed E-state index contributed by atoms with van der Waals surface area (Å²) in [6.45, 7) is 1.45. The average molecular weight is 581 g/mol. The Hall–Kier alpha value is -4.62. The molecule has 220 valence electrons. The minimum Gasteiger partial charge on any atom is -0.508 e. The maximum absolute atomic E-state index is 13.7. The molecule has 0 bridgehead atoms. The van der Waals surface area contributed by atoms with Crippen LogP contribution in [0.3, 0.4) is 0 Å². The molecule has 0 saturated carbocycles. The molecule has 0 spiro atoms. The first-order valence-corrected chi connectivity index (χ1v) is 12.9. The Kier molecular flexibility index (Phi) is 8.05. The van der Waals surface area contributed by atoms with Gasteiger partial charge in [-0.2, -0.15) is 0 Å². The lowest BCUT2D eigenvalue weighted by Crippen LogP contribution is -2.60. The lowest BCUT2D eigenvalue weighted by molar-refractivity contribution is -0.306. The topological polar surface area (TPSA) is 192 Å². The number of hydrogen-bond donors (Lipinski definition) is 6. The molecule has 6 N–H and O–H groups in total. The molecule has 12 heteroatoms. The monoisotopic (exact) mass is 580 g/mol. The molecule has 2 aliphatic heterocycles. The summed E-state index contributed by atoms with van der Waals surface area (Å²) in [6.07, 6.45) is -7.72. The van der Waals surface area contributed by atoms with E-state index in [0.717, 1.165) is 35.9 Å². The number of aliphatic hydroxyl groups excluding tert-OH is 2. The number of rotatable bonds is 6. The van der Waals surface area contributed by atoms with Crippen LogP contribution in [0.15, 0.2) is 66.7 Å². The second kappa shape index (κ2) is 11.7. The average Bonchev–Trinajstić information content (AvgIpc) is 2.95. The Morgan fingerprint density at radius 1 is 0.905 bits per heavy atom. The minimum absolute atomic E-state index is 0.157. The third-order valence-corrected chi connectivity index (χ3v) is 6.95. The van der Waals surface area contributed by atoms with Crippen molar-refractivity contribution in [3.05, 3.63) is 83.4 Å². The van der Waals surface area contributed by atoms with Crippen LogP contribution in [-0.2, 0) is 19.0 Å². The fourth-order valence-electron chi connectivity index (χ4n) is 4.79. The van der Waals surface area contributed by atoms with Crippen molar-refractivity contribution in [1.82, 2.24) is 0 Å². The zero-order chi connectivity index (χ0) is 30.1. The molecule has 5 rings (SSSR count). The normalized spacial score (nSPS) is 27.3. The van der Waals surface area contributed by atoms with Crippen molar-refractivity contribution in [2.24, 2.45) is 0 Å². The third kappa shape index (κ3) is 5.74. The number of phenols is 4. The zero-order valence-corrected chi connectivity index (χ0v) is 22.1. The van der Waals surface area contributed by atoms with Crippen LogP contribution in [0.25, 0.3) is 6.08 Å². The van der Waals surface area contributed by atoms with Gasteiger partial charge in [-0.3, -0.25) is 4.79 Å². The first kappa shape index (κ1) is 28.9.